The van der Waals surface area contributed by atoms with Crippen LogP contribution in [0.2, 0.25) is 0 Å². The van der Waals surface area contributed by atoms with Gasteiger partial charge in [-0.05, 0) is 18.8 Å². The van der Waals surface area contributed by atoms with Crippen LogP contribution in [0.5, 0.6) is 0 Å². The molecule has 1 aliphatic heterocycles. The number of unbranched alkanes of at least 4 members (excludes halogenated alkanes) is 2. The first-order valence-corrected chi connectivity index (χ1v) is 7.88. The molecule has 0 aliphatic carbocycles. The second kappa shape index (κ2) is 9.68. The van der Waals surface area contributed by atoms with Crippen molar-refractivity contribution in [3.05, 3.63) is 0 Å². The first-order chi connectivity index (χ1) is 9.63. The van der Waals surface area contributed by atoms with Gasteiger partial charge >= 0.3 is 0 Å². The minimum Gasteiger partial charge on any atom is -0.394 e. The van der Waals surface area contributed by atoms with Crippen molar-refractivity contribution in [3.63, 3.8) is 0 Å². The topological polar surface area (TPSA) is 79.2 Å². The average molecular weight is 290 g/mol. The van der Waals surface area contributed by atoms with E-state index in [2.05, 4.69) is 13.8 Å². The van der Waals surface area contributed by atoms with Gasteiger partial charge in [-0.15, -0.1) is 0 Å². The van der Waals surface area contributed by atoms with Gasteiger partial charge in [-0.2, -0.15) is 0 Å². The molecule has 120 valence electrons. The first-order valence-electron chi connectivity index (χ1n) is 7.88. The molecule has 20 heavy (non-hydrogen) atoms. The number of hydrogen-bond acceptors (Lipinski definition) is 5. The van der Waals surface area contributed by atoms with Crippen molar-refractivity contribution in [1.82, 2.24) is 0 Å². The van der Waals surface area contributed by atoms with Crippen LogP contribution < -0.4 is 0 Å². The molecule has 0 radical (unpaired) electrons. The van der Waals surface area contributed by atoms with Crippen LogP contribution in [0, 0.1) is 5.92 Å². The summed E-state index contributed by atoms with van der Waals surface area (Å²) in [4.78, 5) is 0. The fourth-order valence-corrected chi connectivity index (χ4v) is 2.64. The zero-order valence-corrected chi connectivity index (χ0v) is 12.7. The Labute approximate surface area is 121 Å². The molecule has 0 spiro atoms. The summed E-state index contributed by atoms with van der Waals surface area (Å²) < 4.78 is 10.9. The van der Waals surface area contributed by atoms with Gasteiger partial charge in [0.25, 0.3) is 0 Å². The van der Waals surface area contributed by atoms with E-state index in [1.54, 1.807) is 0 Å². The summed E-state index contributed by atoms with van der Waals surface area (Å²) >= 11 is 0. The SMILES string of the molecule is CCCCCC(CCC)COC1OC(CO)C(O)C1O. The van der Waals surface area contributed by atoms with E-state index in [4.69, 9.17) is 14.6 Å². The Hall–Kier alpha value is -0.200. The molecule has 1 fully saturated rings. The zero-order valence-electron chi connectivity index (χ0n) is 12.7. The molecule has 1 aliphatic rings. The molecule has 3 N–H and O–H groups in total. The van der Waals surface area contributed by atoms with Crippen molar-refractivity contribution in [2.75, 3.05) is 13.2 Å². The van der Waals surface area contributed by atoms with Gasteiger partial charge in [0.2, 0.25) is 0 Å². The summed E-state index contributed by atoms with van der Waals surface area (Å²) in [6, 6.07) is 0. The third-order valence-corrected chi connectivity index (χ3v) is 3.91. The predicted molar refractivity (Wildman–Crippen MR) is 76.3 cm³/mol. The van der Waals surface area contributed by atoms with Crippen LogP contribution in [0.3, 0.4) is 0 Å². The molecule has 0 aromatic carbocycles. The lowest BCUT2D eigenvalue weighted by Gasteiger charge is -2.21. The van der Waals surface area contributed by atoms with Gasteiger partial charge in [0, 0.05) is 0 Å². The highest BCUT2D eigenvalue weighted by Crippen LogP contribution is 2.24. The van der Waals surface area contributed by atoms with E-state index in [-0.39, 0.29) is 6.61 Å². The predicted octanol–water partition coefficient (Wildman–Crippen LogP) is 1.44. The molecule has 0 bridgehead atoms. The van der Waals surface area contributed by atoms with E-state index in [1.807, 2.05) is 0 Å². The normalized spacial score (nSPS) is 31.6. The van der Waals surface area contributed by atoms with Gasteiger partial charge in [-0.1, -0.05) is 39.5 Å². The monoisotopic (exact) mass is 290 g/mol. The third kappa shape index (κ3) is 5.30. The van der Waals surface area contributed by atoms with Gasteiger partial charge in [0.15, 0.2) is 6.29 Å². The first kappa shape index (κ1) is 17.9. The summed E-state index contributed by atoms with van der Waals surface area (Å²) in [5.74, 6) is 0.465. The highest BCUT2D eigenvalue weighted by atomic mass is 16.7. The highest BCUT2D eigenvalue weighted by Gasteiger charge is 2.43. The Kier molecular flexibility index (Phi) is 8.64. The fraction of sp³-hybridized carbons (Fsp3) is 1.00. The van der Waals surface area contributed by atoms with E-state index in [9.17, 15) is 10.2 Å². The lowest BCUT2D eigenvalue weighted by atomic mass is 9.97. The van der Waals surface area contributed by atoms with Crippen molar-refractivity contribution < 1.29 is 24.8 Å². The standard InChI is InChI=1S/C15H30O5/c1-3-5-6-8-11(7-4-2)10-19-15-14(18)13(17)12(9-16)20-15/h11-18H,3-10H2,1-2H3. The third-order valence-electron chi connectivity index (χ3n) is 3.91. The van der Waals surface area contributed by atoms with Crippen LogP contribution in [0.25, 0.3) is 0 Å². The van der Waals surface area contributed by atoms with Gasteiger partial charge in [-0.3, -0.25) is 0 Å². The molecule has 1 rings (SSSR count). The lowest BCUT2D eigenvalue weighted by molar-refractivity contribution is -0.176. The van der Waals surface area contributed by atoms with Gasteiger partial charge < -0.3 is 24.8 Å². The van der Waals surface area contributed by atoms with Gasteiger partial charge in [0.1, 0.15) is 18.3 Å². The van der Waals surface area contributed by atoms with Crippen LogP contribution >= 0.6 is 0 Å². The maximum Gasteiger partial charge on any atom is 0.186 e. The summed E-state index contributed by atoms with van der Waals surface area (Å²) in [7, 11) is 0. The Morgan fingerprint density at radius 1 is 1.05 bits per heavy atom. The van der Waals surface area contributed by atoms with Gasteiger partial charge in [-0.25, -0.2) is 0 Å². The molecule has 0 saturated carbocycles. The number of aliphatic hydroxyl groups excluding tert-OH is 3. The van der Waals surface area contributed by atoms with Crippen LogP contribution in [0.4, 0.5) is 0 Å². The molecule has 5 unspecified atom stereocenters. The van der Waals surface area contributed by atoms with Crippen LogP contribution in [-0.4, -0.2) is 53.1 Å². The quantitative estimate of drug-likeness (QED) is 0.531. The maximum absolute atomic E-state index is 9.80. The summed E-state index contributed by atoms with van der Waals surface area (Å²) in [6.07, 6.45) is 3.22. The Morgan fingerprint density at radius 3 is 2.35 bits per heavy atom. The average Bonchev–Trinajstić information content (AvgIpc) is 2.72. The Bertz CT molecular complexity index is 248. The molecule has 5 heteroatoms. The van der Waals surface area contributed by atoms with Crippen molar-refractivity contribution >= 4 is 0 Å². The summed E-state index contributed by atoms with van der Waals surface area (Å²) in [5, 5.41) is 28.5. The second-order valence-corrected chi connectivity index (χ2v) is 5.69. The minimum absolute atomic E-state index is 0.313. The van der Waals surface area contributed by atoms with E-state index in [0.717, 1.165) is 19.3 Å². The Balaban J connectivity index is 2.34. The number of hydrogen-bond donors (Lipinski definition) is 3. The zero-order chi connectivity index (χ0) is 15.0. The molecular weight excluding hydrogens is 260 g/mol. The van der Waals surface area contributed by atoms with Crippen LogP contribution in [0.15, 0.2) is 0 Å². The summed E-state index contributed by atoms with van der Waals surface area (Å²) in [6.45, 7) is 4.56. The van der Waals surface area contributed by atoms with Crippen molar-refractivity contribution in [2.45, 2.75) is 77.0 Å². The molecule has 0 amide bonds. The van der Waals surface area contributed by atoms with E-state index in [0.29, 0.717) is 12.5 Å². The molecule has 0 aromatic rings. The molecule has 5 nitrogen and oxygen atoms in total. The molecular formula is C15H30O5. The van der Waals surface area contributed by atoms with Gasteiger partial charge in [0.05, 0.1) is 13.2 Å². The molecule has 5 atom stereocenters. The van der Waals surface area contributed by atoms with E-state index >= 15 is 0 Å². The van der Waals surface area contributed by atoms with Crippen LogP contribution in [-0.2, 0) is 9.47 Å². The number of rotatable bonds is 10. The second-order valence-electron chi connectivity index (χ2n) is 5.69. The minimum atomic E-state index is -1.08. The van der Waals surface area contributed by atoms with Crippen LogP contribution in [0.1, 0.15) is 52.4 Å². The molecule has 1 saturated heterocycles. The van der Waals surface area contributed by atoms with E-state index < -0.39 is 24.6 Å². The number of aliphatic hydroxyl groups is 3. The smallest absolute Gasteiger partial charge is 0.186 e. The lowest BCUT2D eigenvalue weighted by Crippen LogP contribution is -2.35. The molecule has 1 heterocycles. The highest BCUT2D eigenvalue weighted by molar-refractivity contribution is 4.86. The maximum atomic E-state index is 9.80. The fourth-order valence-electron chi connectivity index (χ4n) is 2.64. The van der Waals surface area contributed by atoms with Crippen molar-refractivity contribution in [1.29, 1.82) is 0 Å². The van der Waals surface area contributed by atoms with Crippen molar-refractivity contribution in [3.8, 4) is 0 Å². The van der Waals surface area contributed by atoms with E-state index in [1.165, 1.54) is 19.3 Å². The number of ether oxygens (including phenoxy) is 2. The van der Waals surface area contributed by atoms with Crippen molar-refractivity contribution in [2.24, 2.45) is 5.92 Å². The molecule has 0 aromatic heterocycles. The Morgan fingerprint density at radius 2 is 1.80 bits per heavy atom. The largest absolute Gasteiger partial charge is 0.394 e. The summed E-state index contributed by atoms with van der Waals surface area (Å²) in [5.41, 5.74) is 0.